The number of halogens is 1. The van der Waals surface area contributed by atoms with Crippen LogP contribution < -0.4 is 5.32 Å². The van der Waals surface area contributed by atoms with Crippen LogP contribution in [0.25, 0.3) is 0 Å². The van der Waals surface area contributed by atoms with E-state index in [1.165, 1.54) is 12.1 Å². The van der Waals surface area contributed by atoms with Crippen LogP contribution in [0.3, 0.4) is 0 Å². The largest absolute Gasteiger partial charge is 0.505 e. The Bertz CT molecular complexity index is 843. The molecular formula is C21H24FNO5S. The quantitative estimate of drug-likeness (QED) is 0.428. The van der Waals surface area contributed by atoms with E-state index in [0.29, 0.717) is 17.7 Å². The number of aromatic hydroxyl groups is 1. The number of benzene rings is 2. The summed E-state index contributed by atoms with van der Waals surface area (Å²) in [5.74, 6) is -2.09. The molecule has 0 aliphatic heterocycles. The van der Waals surface area contributed by atoms with Crippen molar-refractivity contribution in [3.05, 3.63) is 59.4 Å². The lowest BCUT2D eigenvalue weighted by Gasteiger charge is -2.25. The van der Waals surface area contributed by atoms with Crippen LogP contribution in [0.1, 0.15) is 30.6 Å². The summed E-state index contributed by atoms with van der Waals surface area (Å²) in [6, 6.07) is 11.0. The Labute approximate surface area is 174 Å². The summed E-state index contributed by atoms with van der Waals surface area (Å²) in [6.07, 6.45) is -1.14. The second-order valence-electron chi connectivity index (χ2n) is 6.67. The molecular weight excluding hydrogens is 397 g/mol. The number of rotatable bonds is 8. The predicted octanol–water partition coefficient (Wildman–Crippen LogP) is 4.63. The summed E-state index contributed by atoms with van der Waals surface area (Å²) in [5.41, 5.74) is 1.99. The van der Waals surface area contributed by atoms with Gasteiger partial charge < -0.3 is 14.6 Å². The van der Waals surface area contributed by atoms with E-state index in [2.05, 4.69) is 17.9 Å². The SMILES string of the molecule is Cc1ccc(NC(=O)O[C@@H](c2ccc(O)c(F)c2)[C@@H](C)CCOC(=O)CS)cc1. The number of carbonyl (C=O) groups excluding carboxylic acids is 2. The number of carbonyl (C=O) groups is 2. The highest BCUT2D eigenvalue weighted by Crippen LogP contribution is 2.31. The molecule has 2 atom stereocenters. The Morgan fingerprint density at radius 1 is 1.21 bits per heavy atom. The normalized spacial score (nSPS) is 12.7. The Balaban J connectivity index is 2.12. The summed E-state index contributed by atoms with van der Waals surface area (Å²) in [7, 11) is 0. The minimum Gasteiger partial charge on any atom is -0.505 e. The highest BCUT2D eigenvalue weighted by molar-refractivity contribution is 7.81. The van der Waals surface area contributed by atoms with Gasteiger partial charge in [-0.2, -0.15) is 12.6 Å². The van der Waals surface area contributed by atoms with E-state index >= 15 is 0 Å². The molecule has 0 aliphatic rings. The number of aryl methyl sites for hydroxylation is 1. The molecule has 29 heavy (non-hydrogen) atoms. The van der Waals surface area contributed by atoms with Gasteiger partial charge in [0, 0.05) is 11.6 Å². The van der Waals surface area contributed by atoms with Crippen LogP contribution >= 0.6 is 12.6 Å². The van der Waals surface area contributed by atoms with Crippen molar-refractivity contribution in [2.45, 2.75) is 26.4 Å². The molecule has 8 heteroatoms. The first-order chi connectivity index (χ1) is 13.8. The van der Waals surface area contributed by atoms with E-state index in [0.717, 1.165) is 11.6 Å². The zero-order valence-corrected chi connectivity index (χ0v) is 17.1. The molecule has 1 amide bonds. The van der Waals surface area contributed by atoms with Gasteiger partial charge in [-0.25, -0.2) is 9.18 Å². The Morgan fingerprint density at radius 2 is 1.90 bits per heavy atom. The van der Waals surface area contributed by atoms with E-state index in [1.807, 2.05) is 19.1 Å². The van der Waals surface area contributed by atoms with Crippen molar-refractivity contribution in [1.82, 2.24) is 0 Å². The molecule has 0 radical (unpaired) electrons. The standard InChI is InChI=1S/C21H24FNO5S/c1-13-3-6-16(7-4-13)23-21(26)28-20(14(2)9-10-27-19(25)12-29)15-5-8-18(24)17(22)11-15/h3-8,11,14,20,24,29H,9-10,12H2,1-2H3,(H,23,26)/t14-,20+/m0/s1. The number of hydrogen-bond donors (Lipinski definition) is 3. The molecule has 0 aliphatic carbocycles. The van der Waals surface area contributed by atoms with Gasteiger partial charge in [-0.3, -0.25) is 10.1 Å². The third-order valence-corrected chi connectivity index (χ3v) is 4.57. The third kappa shape index (κ3) is 6.98. The Morgan fingerprint density at radius 3 is 2.52 bits per heavy atom. The number of nitrogens with one attached hydrogen (secondary N) is 1. The molecule has 156 valence electrons. The van der Waals surface area contributed by atoms with Gasteiger partial charge in [0.1, 0.15) is 6.10 Å². The molecule has 2 rings (SSSR count). The van der Waals surface area contributed by atoms with E-state index in [-0.39, 0.29) is 18.3 Å². The van der Waals surface area contributed by atoms with Gasteiger partial charge in [-0.15, -0.1) is 0 Å². The van der Waals surface area contributed by atoms with Crippen molar-refractivity contribution in [2.24, 2.45) is 5.92 Å². The first kappa shape index (κ1) is 22.5. The maximum absolute atomic E-state index is 13.8. The van der Waals surface area contributed by atoms with Crippen LogP contribution in [0, 0.1) is 18.7 Å². The van der Waals surface area contributed by atoms with E-state index in [1.54, 1.807) is 19.1 Å². The number of hydrogen-bond acceptors (Lipinski definition) is 6. The lowest BCUT2D eigenvalue weighted by molar-refractivity contribution is -0.141. The van der Waals surface area contributed by atoms with Crippen LogP contribution in [0.5, 0.6) is 5.75 Å². The third-order valence-electron chi connectivity index (χ3n) is 4.31. The summed E-state index contributed by atoms with van der Waals surface area (Å²) in [5, 5.41) is 12.1. The van der Waals surface area contributed by atoms with Gasteiger partial charge in [-0.1, -0.05) is 30.7 Å². The highest BCUT2D eigenvalue weighted by Gasteiger charge is 2.25. The number of thiol groups is 1. The van der Waals surface area contributed by atoms with Crippen LogP contribution in [-0.2, 0) is 14.3 Å². The maximum Gasteiger partial charge on any atom is 0.412 e. The van der Waals surface area contributed by atoms with Gasteiger partial charge in [0.05, 0.1) is 12.4 Å². The number of esters is 1. The van der Waals surface area contributed by atoms with Crippen molar-refractivity contribution in [3.63, 3.8) is 0 Å². The van der Waals surface area contributed by atoms with Crippen molar-refractivity contribution >= 4 is 30.4 Å². The molecule has 2 aromatic carbocycles. The molecule has 0 unspecified atom stereocenters. The average molecular weight is 421 g/mol. The number of phenols is 1. The minimum atomic E-state index is -0.816. The summed E-state index contributed by atoms with van der Waals surface area (Å²) >= 11 is 3.84. The molecule has 0 aromatic heterocycles. The molecule has 0 heterocycles. The topological polar surface area (TPSA) is 84.9 Å². The predicted molar refractivity (Wildman–Crippen MR) is 111 cm³/mol. The molecule has 0 saturated heterocycles. The fourth-order valence-corrected chi connectivity index (χ4v) is 2.76. The van der Waals surface area contributed by atoms with Gasteiger partial charge in [-0.05, 0) is 43.2 Å². The van der Waals surface area contributed by atoms with Crippen LogP contribution in [0.2, 0.25) is 0 Å². The summed E-state index contributed by atoms with van der Waals surface area (Å²) < 4.78 is 24.4. The smallest absolute Gasteiger partial charge is 0.412 e. The number of anilines is 1. The number of ether oxygens (including phenoxy) is 2. The molecule has 2 N–H and O–H groups in total. The lowest BCUT2D eigenvalue weighted by Crippen LogP contribution is -2.23. The summed E-state index contributed by atoms with van der Waals surface area (Å²) in [6.45, 7) is 3.84. The highest BCUT2D eigenvalue weighted by atomic mass is 32.1. The first-order valence-corrected chi connectivity index (χ1v) is 9.72. The van der Waals surface area contributed by atoms with Crippen LogP contribution in [0.15, 0.2) is 42.5 Å². The van der Waals surface area contributed by atoms with Gasteiger partial charge >= 0.3 is 12.1 Å². The van der Waals surface area contributed by atoms with E-state index in [4.69, 9.17) is 9.47 Å². The maximum atomic E-state index is 13.8. The van der Waals surface area contributed by atoms with Crippen molar-refractivity contribution in [2.75, 3.05) is 17.7 Å². The van der Waals surface area contributed by atoms with Crippen LogP contribution in [-0.4, -0.2) is 29.5 Å². The second kappa shape index (κ2) is 10.7. The molecule has 0 saturated carbocycles. The zero-order valence-electron chi connectivity index (χ0n) is 16.2. The molecule has 0 fully saturated rings. The fourth-order valence-electron chi connectivity index (χ4n) is 2.67. The molecule has 0 spiro atoms. The monoisotopic (exact) mass is 421 g/mol. The molecule has 6 nitrogen and oxygen atoms in total. The van der Waals surface area contributed by atoms with Gasteiger partial charge in [0.2, 0.25) is 0 Å². The average Bonchev–Trinajstić information content (AvgIpc) is 2.69. The van der Waals surface area contributed by atoms with Crippen LogP contribution in [0.4, 0.5) is 14.9 Å². The molecule has 0 bridgehead atoms. The van der Waals surface area contributed by atoms with Gasteiger partial charge in [0.15, 0.2) is 11.6 Å². The summed E-state index contributed by atoms with van der Waals surface area (Å²) in [4.78, 5) is 23.6. The van der Waals surface area contributed by atoms with Crippen molar-refractivity contribution < 1.29 is 28.6 Å². The Hall–Kier alpha value is -2.74. The molecule has 2 aromatic rings. The first-order valence-electron chi connectivity index (χ1n) is 9.09. The van der Waals surface area contributed by atoms with Crippen molar-refractivity contribution in [3.8, 4) is 5.75 Å². The second-order valence-corrected chi connectivity index (χ2v) is 6.99. The number of amides is 1. The number of phenolic OH excluding ortho intramolecular Hbond substituents is 1. The fraction of sp³-hybridized carbons (Fsp3) is 0.333. The van der Waals surface area contributed by atoms with E-state index < -0.39 is 29.7 Å². The van der Waals surface area contributed by atoms with Gasteiger partial charge in [0.25, 0.3) is 0 Å². The zero-order chi connectivity index (χ0) is 21.4. The van der Waals surface area contributed by atoms with Crippen molar-refractivity contribution in [1.29, 1.82) is 0 Å². The minimum absolute atomic E-state index is 0.0313. The van der Waals surface area contributed by atoms with E-state index in [9.17, 15) is 19.1 Å². The lowest BCUT2D eigenvalue weighted by atomic mass is 9.94. The Kier molecular flexibility index (Phi) is 8.33.